The summed E-state index contributed by atoms with van der Waals surface area (Å²) in [6.45, 7) is 2.38. The van der Waals surface area contributed by atoms with E-state index in [0.717, 1.165) is 43.4 Å². The van der Waals surface area contributed by atoms with Crippen LogP contribution in [-0.2, 0) is 9.53 Å². The second kappa shape index (κ2) is 6.40. The monoisotopic (exact) mass is 400 g/mol. The summed E-state index contributed by atoms with van der Waals surface area (Å²) in [6, 6.07) is 2.92. The zero-order valence-corrected chi connectivity index (χ0v) is 16.8. The molecule has 4 aliphatic carbocycles. The first-order valence-electron chi connectivity index (χ1n) is 11.2. The molecule has 6 aliphatic rings. The minimum atomic E-state index is -0.437. The smallest absolute Gasteiger partial charge is 0.250 e. The Kier molecular flexibility index (Phi) is 4.00. The first-order valence-corrected chi connectivity index (χ1v) is 11.2. The lowest BCUT2D eigenvalue weighted by Crippen LogP contribution is -2.69. The van der Waals surface area contributed by atoms with Crippen molar-refractivity contribution in [2.24, 2.45) is 29.1 Å². The lowest BCUT2D eigenvalue weighted by Gasteiger charge is -2.59. The lowest BCUT2D eigenvalue weighted by molar-refractivity contribution is -0.187. The summed E-state index contributed by atoms with van der Waals surface area (Å²) >= 11 is 0. The molecule has 7 rings (SSSR count). The van der Waals surface area contributed by atoms with Gasteiger partial charge in [-0.3, -0.25) is 4.79 Å². The number of halogens is 1. The van der Waals surface area contributed by atoms with Crippen LogP contribution in [-0.4, -0.2) is 47.7 Å². The number of nitrogens with zero attached hydrogens (tertiary/aromatic N) is 2. The lowest BCUT2D eigenvalue weighted by atomic mass is 9.49. The number of likely N-dealkylation sites (tertiary alicyclic amines) is 1. The summed E-state index contributed by atoms with van der Waals surface area (Å²) in [4.78, 5) is 19.6. The van der Waals surface area contributed by atoms with E-state index in [1.54, 1.807) is 6.07 Å². The van der Waals surface area contributed by atoms with Crippen LogP contribution in [0.4, 0.5) is 4.39 Å². The molecule has 1 atom stereocenters. The highest BCUT2D eigenvalue weighted by Crippen LogP contribution is 2.61. The van der Waals surface area contributed by atoms with Gasteiger partial charge in [-0.1, -0.05) is 0 Å². The van der Waals surface area contributed by atoms with Gasteiger partial charge < -0.3 is 14.4 Å². The van der Waals surface area contributed by atoms with Gasteiger partial charge in [0.25, 0.3) is 0 Å². The van der Waals surface area contributed by atoms with Crippen LogP contribution in [0.2, 0.25) is 0 Å². The van der Waals surface area contributed by atoms with Gasteiger partial charge in [-0.25, -0.2) is 9.37 Å². The summed E-state index contributed by atoms with van der Waals surface area (Å²) in [5.74, 6) is 2.49. The number of amides is 1. The summed E-state index contributed by atoms with van der Waals surface area (Å²) in [7, 11) is 0. The molecule has 156 valence electrons. The summed E-state index contributed by atoms with van der Waals surface area (Å²) in [5.41, 5.74) is -0.402. The van der Waals surface area contributed by atoms with Gasteiger partial charge in [-0.2, -0.15) is 0 Å². The predicted octanol–water partition coefficient (Wildman–Crippen LogP) is 3.43. The number of hydrogen-bond acceptors (Lipinski definition) is 4. The Balaban J connectivity index is 1.11. The van der Waals surface area contributed by atoms with Gasteiger partial charge in [0.1, 0.15) is 5.60 Å². The highest BCUT2D eigenvalue weighted by molar-refractivity contribution is 5.84. The predicted molar refractivity (Wildman–Crippen MR) is 104 cm³/mol. The highest BCUT2D eigenvalue weighted by Gasteiger charge is 2.60. The molecule has 1 aromatic rings. The molecule has 0 radical (unpaired) electrons. The summed E-state index contributed by atoms with van der Waals surface area (Å²) in [6.07, 6.45) is 9.78. The normalized spacial score (nSPS) is 39.0. The van der Waals surface area contributed by atoms with E-state index in [-0.39, 0.29) is 22.8 Å². The fourth-order valence-corrected chi connectivity index (χ4v) is 7.48. The molecular formula is C23H29FN2O3. The molecule has 1 aromatic heterocycles. The molecular weight excluding hydrogens is 371 g/mol. The van der Waals surface area contributed by atoms with E-state index < -0.39 is 5.82 Å². The van der Waals surface area contributed by atoms with Crippen molar-refractivity contribution in [2.75, 3.05) is 26.3 Å². The van der Waals surface area contributed by atoms with Gasteiger partial charge in [-0.15, -0.1) is 0 Å². The van der Waals surface area contributed by atoms with E-state index in [1.807, 2.05) is 4.90 Å². The molecule has 29 heavy (non-hydrogen) atoms. The van der Waals surface area contributed by atoms with Gasteiger partial charge in [0, 0.05) is 18.7 Å². The third kappa shape index (κ3) is 2.82. The Morgan fingerprint density at radius 2 is 1.90 bits per heavy atom. The zero-order valence-electron chi connectivity index (χ0n) is 16.8. The van der Waals surface area contributed by atoms with E-state index in [2.05, 4.69) is 4.98 Å². The van der Waals surface area contributed by atoms with Crippen LogP contribution in [0.1, 0.15) is 44.9 Å². The zero-order chi connectivity index (χ0) is 19.6. The van der Waals surface area contributed by atoms with E-state index in [9.17, 15) is 9.18 Å². The standard InChI is InChI=1S/C23H29FN2O3/c24-19-2-1-4-25-20(19)28-12-18-3-5-29-23(18)13-26(14-23)21(27)22-9-15-6-16(10-22)8-17(7-15)11-22/h1-2,4,15-18H,3,5-14H2. The van der Waals surface area contributed by atoms with Crippen molar-refractivity contribution in [3.8, 4) is 5.88 Å². The largest absolute Gasteiger partial charge is 0.475 e. The number of rotatable bonds is 4. The fourth-order valence-electron chi connectivity index (χ4n) is 7.48. The molecule has 4 bridgehead atoms. The van der Waals surface area contributed by atoms with E-state index in [0.29, 0.717) is 32.2 Å². The van der Waals surface area contributed by atoms with Crippen molar-refractivity contribution in [1.29, 1.82) is 0 Å². The third-order valence-electron chi connectivity index (χ3n) is 8.44. The maximum absolute atomic E-state index is 13.8. The fraction of sp³-hybridized carbons (Fsp3) is 0.739. The van der Waals surface area contributed by atoms with Crippen molar-refractivity contribution in [2.45, 2.75) is 50.5 Å². The molecule has 5 nitrogen and oxygen atoms in total. The van der Waals surface area contributed by atoms with E-state index in [1.165, 1.54) is 31.5 Å². The molecule has 0 N–H and O–H groups in total. The maximum atomic E-state index is 13.8. The molecule has 3 heterocycles. The van der Waals surface area contributed by atoms with Crippen LogP contribution in [0.5, 0.6) is 5.88 Å². The van der Waals surface area contributed by atoms with Crippen LogP contribution in [0.15, 0.2) is 18.3 Å². The van der Waals surface area contributed by atoms with Gasteiger partial charge in [0.15, 0.2) is 5.82 Å². The second-order valence-electron chi connectivity index (χ2n) is 10.4. The maximum Gasteiger partial charge on any atom is 0.250 e. The van der Waals surface area contributed by atoms with E-state index in [4.69, 9.17) is 9.47 Å². The van der Waals surface area contributed by atoms with Crippen LogP contribution < -0.4 is 4.74 Å². The first-order chi connectivity index (χ1) is 14.1. The third-order valence-corrected chi connectivity index (χ3v) is 8.44. The molecule has 6 fully saturated rings. The molecule has 2 aliphatic heterocycles. The summed E-state index contributed by atoms with van der Waals surface area (Å²) < 4.78 is 25.6. The molecule has 2 saturated heterocycles. The number of carbonyl (C=O) groups excluding carboxylic acids is 1. The van der Waals surface area contributed by atoms with Crippen molar-refractivity contribution in [1.82, 2.24) is 9.88 Å². The van der Waals surface area contributed by atoms with Crippen molar-refractivity contribution >= 4 is 5.91 Å². The van der Waals surface area contributed by atoms with Gasteiger partial charge in [-0.05, 0) is 74.8 Å². The van der Waals surface area contributed by atoms with E-state index >= 15 is 0 Å². The minimum absolute atomic E-state index is 0.0513. The number of hydrogen-bond donors (Lipinski definition) is 0. The van der Waals surface area contributed by atoms with Crippen molar-refractivity contribution in [3.63, 3.8) is 0 Å². The van der Waals surface area contributed by atoms with Crippen LogP contribution in [0.25, 0.3) is 0 Å². The van der Waals surface area contributed by atoms with Crippen molar-refractivity contribution < 1.29 is 18.7 Å². The van der Waals surface area contributed by atoms with Gasteiger partial charge >= 0.3 is 0 Å². The topological polar surface area (TPSA) is 51.7 Å². The number of aromatic nitrogens is 1. The molecule has 1 unspecified atom stereocenters. The quantitative estimate of drug-likeness (QED) is 0.777. The van der Waals surface area contributed by atoms with Crippen LogP contribution >= 0.6 is 0 Å². The Bertz CT molecular complexity index is 787. The molecule has 1 spiro atoms. The van der Waals surface area contributed by atoms with Gasteiger partial charge in [0.05, 0.1) is 25.1 Å². The molecule has 0 aromatic carbocycles. The average molecular weight is 400 g/mol. The van der Waals surface area contributed by atoms with Crippen LogP contribution in [0.3, 0.4) is 0 Å². The SMILES string of the molecule is O=C(N1CC2(C1)OCCC2COc1ncccc1F)C12CC3CC(CC(C3)C1)C2. The Morgan fingerprint density at radius 3 is 2.55 bits per heavy atom. The highest BCUT2D eigenvalue weighted by atomic mass is 19.1. The number of ether oxygens (including phenoxy) is 2. The second-order valence-corrected chi connectivity index (χ2v) is 10.4. The minimum Gasteiger partial charge on any atom is -0.475 e. The van der Waals surface area contributed by atoms with Crippen LogP contribution in [0, 0.1) is 34.9 Å². The first kappa shape index (κ1) is 18.1. The Hall–Kier alpha value is -1.69. The molecule has 4 saturated carbocycles. The molecule has 6 heteroatoms. The van der Waals surface area contributed by atoms with Crippen molar-refractivity contribution in [3.05, 3.63) is 24.1 Å². The number of carbonyl (C=O) groups is 1. The Morgan fingerprint density at radius 1 is 1.21 bits per heavy atom. The Labute approximate surface area is 171 Å². The van der Waals surface area contributed by atoms with Gasteiger partial charge in [0.2, 0.25) is 11.8 Å². The number of pyridine rings is 1. The summed E-state index contributed by atoms with van der Waals surface area (Å²) in [5, 5.41) is 0. The molecule has 1 amide bonds. The average Bonchev–Trinajstić information content (AvgIpc) is 3.08.